The van der Waals surface area contributed by atoms with Crippen LogP contribution in [-0.2, 0) is 0 Å². The summed E-state index contributed by atoms with van der Waals surface area (Å²) in [5, 5.41) is 8.21. The van der Waals surface area contributed by atoms with Gasteiger partial charge < -0.3 is 14.6 Å². The number of nitrogens with zero attached hydrogens (tertiary/aromatic N) is 4. The van der Waals surface area contributed by atoms with Crippen LogP contribution in [0.3, 0.4) is 0 Å². The van der Waals surface area contributed by atoms with Crippen LogP contribution in [0.1, 0.15) is 54.5 Å². The highest BCUT2D eigenvalue weighted by Crippen LogP contribution is 2.28. The summed E-state index contributed by atoms with van der Waals surface area (Å²) in [4.78, 5) is 32.4. The van der Waals surface area contributed by atoms with Crippen LogP contribution in [0, 0.1) is 0 Å². The molecule has 34 heavy (non-hydrogen) atoms. The molecule has 0 unspecified atom stereocenters. The largest absolute Gasteiger partial charge is 0.463 e. The first-order valence-corrected chi connectivity index (χ1v) is 11.5. The van der Waals surface area contributed by atoms with E-state index < -0.39 is 0 Å². The molecule has 4 aromatic rings. The fourth-order valence-electron chi connectivity index (χ4n) is 3.78. The Kier molecular flexibility index (Phi) is 6.70. The zero-order chi connectivity index (χ0) is 24.4. The lowest BCUT2D eigenvalue weighted by Crippen LogP contribution is -2.30. The van der Waals surface area contributed by atoms with Gasteiger partial charge in [0.2, 0.25) is 0 Å². The summed E-state index contributed by atoms with van der Waals surface area (Å²) in [5.41, 5.74) is 2.40. The topological polar surface area (TPSA) is 93.3 Å². The summed E-state index contributed by atoms with van der Waals surface area (Å²) in [5.74, 6) is 0.0603. The Morgan fingerprint density at radius 3 is 2.53 bits per heavy atom. The maximum atomic E-state index is 13.3. The maximum Gasteiger partial charge on any atom is 0.256 e. The maximum absolute atomic E-state index is 13.3. The number of pyridine rings is 1. The van der Waals surface area contributed by atoms with E-state index >= 15 is 0 Å². The van der Waals surface area contributed by atoms with Gasteiger partial charge in [-0.1, -0.05) is 11.6 Å². The first-order valence-electron chi connectivity index (χ1n) is 11.2. The average Bonchev–Trinajstić information content (AvgIpc) is 3.49. The summed E-state index contributed by atoms with van der Waals surface area (Å²) in [6, 6.07) is 10.2. The molecule has 4 rings (SSSR count). The van der Waals surface area contributed by atoms with Gasteiger partial charge in [-0.2, -0.15) is 5.10 Å². The summed E-state index contributed by atoms with van der Waals surface area (Å²) in [6.45, 7) is 9.00. The first-order chi connectivity index (χ1) is 16.3. The van der Waals surface area contributed by atoms with Gasteiger partial charge in [0.25, 0.3) is 11.8 Å². The number of fused-ring (bicyclic) bond motifs is 1. The molecule has 0 saturated carbocycles. The summed E-state index contributed by atoms with van der Waals surface area (Å²) >= 11 is 6.40. The van der Waals surface area contributed by atoms with Gasteiger partial charge in [0.15, 0.2) is 11.4 Å². The highest BCUT2D eigenvalue weighted by atomic mass is 35.5. The lowest BCUT2D eigenvalue weighted by molar-refractivity contribution is 0.0773. The third-order valence-corrected chi connectivity index (χ3v) is 5.89. The molecule has 3 aromatic heterocycles. The van der Waals surface area contributed by atoms with Crippen molar-refractivity contribution in [3.05, 3.63) is 65.0 Å². The van der Waals surface area contributed by atoms with Gasteiger partial charge in [-0.05, 0) is 64.1 Å². The van der Waals surface area contributed by atoms with E-state index in [1.54, 1.807) is 58.4 Å². The van der Waals surface area contributed by atoms with Gasteiger partial charge >= 0.3 is 0 Å². The number of amides is 2. The third-order valence-electron chi connectivity index (χ3n) is 5.58. The van der Waals surface area contributed by atoms with Crippen LogP contribution in [0.4, 0.5) is 5.69 Å². The predicted octanol–water partition coefficient (Wildman–Crippen LogP) is 5.66. The monoisotopic (exact) mass is 479 g/mol. The first kappa shape index (κ1) is 23.5. The number of benzene rings is 1. The van der Waals surface area contributed by atoms with Gasteiger partial charge in [0.1, 0.15) is 5.69 Å². The van der Waals surface area contributed by atoms with Crippen LogP contribution in [0.25, 0.3) is 22.5 Å². The molecule has 0 aliphatic rings. The van der Waals surface area contributed by atoms with Gasteiger partial charge in [-0.3, -0.25) is 9.59 Å². The van der Waals surface area contributed by atoms with E-state index in [1.165, 1.54) is 0 Å². The van der Waals surface area contributed by atoms with Gasteiger partial charge in [-0.25, -0.2) is 9.67 Å². The molecule has 176 valence electrons. The molecule has 1 N–H and O–H groups in total. The Bertz CT molecular complexity index is 1340. The minimum atomic E-state index is -0.345. The molecule has 3 heterocycles. The standard InChI is InChI=1S/C25H26ClN5O3/c1-5-30(6-2)25(33)17-10-9-16(12-20(17)26)28-24(32)18-13-21(22-8-7-11-34-22)29-23-19(18)14-27-31(23)15(3)4/h7-15H,5-6H2,1-4H3,(H,28,32). The minimum Gasteiger partial charge on any atom is -0.463 e. The van der Waals surface area contributed by atoms with Crippen molar-refractivity contribution >= 4 is 40.1 Å². The predicted molar refractivity (Wildman–Crippen MR) is 132 cm³/mol. The van der Waals surface area contributed by atoms with E-state index in [1.807, 2.05) is 27.7 Å². The average molecular weight is 480 g/mol. The molecule has 0 aliphatic carbocycles. The fourth-order valence-corrected chi connectivity index (χ4v) is 4.04. The molecule has 2 amide bonds. The number of hydrogen-bond donors (Lipinski definition) is 1. The van der Waals surface area contributed by atoms with E-state index in [4.69, 9.17) is 21.0 Å². The van der Waals surface area contributed by atoms with Crippen molar-refractivity contribution in [1.29, 1.82) is 0 Å². The van der Waals surface area contributed by atoms with E-state index in [0.717, 1.165) is 0 Å². The molecule has 0 aliphatic heterocycles. The van der Waals surface area contributed by atoms with Crippen LogP contribution in [-0.4, -0.2) is 44.6 Å². The normalized spacial score (nSPS) is 11.2. The second-order valence-corrected chi connectivity index (χ2v) is 8.49. The highest BCUT2D eigenvalue weighted by Gasteiger charge is 2.21. The summed E-state index contributed by atoms with van der Waals surface area (Å²) < 4.78 is 7.28. The second-order valence-electron chi connectivity index (χ2n) is 8.08. The summed E-state index contributed by atoms with van der Waals surface area (Å²) in [6.07, 6.45) is 3.20. The number of carbonyl (C=O) groups is 2. The quantitative estimate of drug-likeness (QED) is 0.369. The molecule has 0 bridgehead atoms. The van der Waals surface area contributed by atoms with E-state index in [2.05, 4.69) is 10.4 Å². The Morgan fingerprint density at radius 1 is 1.15 bits per heavy atom. The summed E-state index contributed by atoms with van der Waals surface area (Å²) in [7, 11) is 0. The van der Waals surface area contributed by atoms with Crippen molar-refractivity contribution in [3.8, 4) is 11.5 Å². The van der Waals surface area contributed by atoms with Crippen molar-refractivity contribution in [2.24, 2.45) is 0 Å². The number of nitrogens with one attached hydrogen (secondary N) is 1. The number of anilines is 1. The molecular weight excluding hydrogens is 454 g/mol. The number of furan rings is 1. The molecule has 1 aromatic carbocycles. The third kappa shape index (κ3) is 4.41. The number of carbonyl (C=O) groups excluding carboxylic acids is 2. The van der Waals surface area contributed by atoms with Crippen molar-refractivity contribution in [3.63, 3.8) is 0 Å². The zero-order valence-electron chi connectivity index (χ0n) is 19.5. The lowest BCUT2D eigenvalue weighted by atomic mass is 10.1. The zero-order valence-corrected chi connectivity index (χ0v) is 20.3. The number of rotatable bonds is 7. The second kappa shape index (κ2) is 9.69. The molecule has 0 saturated heterocycles. The molecule has 0 atom stereocenters. The molecule has 0 spiro atoms. The minimum absolute atomic E-state index is 0.0578. The van der Waals surface area contributed by atoms with Crippen LogP contribution >= 0.6 is 11.6 Å². The van der Waals surface area contributed by atoms with Gasteiger partial charge in [0.05, 0.1) is 34.0 Å². The SMILES string of the molecule is CCN(CC)C(=O)c1ccc(NC(=O)c2cc(-c3ccco3)nc3c2cnn3C(C)C)cc1Cl. The Labute approximate surface area is 202 Å². The molecular formula is C25H26ClN5O3. The Balaban J connectivity index is 1.69. The van der Waals surface area contributed by atoms with Crippen LogP contribution in [0.2, 0.25) is 5.02 Å². The Hall–Kier alpha value is -3.65. The van der Waals surface area contributed by atoms with Crippen molar-refractivity contribution in [1.82, 2.24) is 19.7 Å². The Morgan fingerprint density at radius 2 is 1.91 bits per heavy atom. The van der Waals surface area contributed by atoms with Gasteiger partial charge in [0, 0.05) is 24.8 Å². The molecule has 0 fully saturated rings. The van der Waals surface area contributed by atoms with E-state index in [0.29, 0.717) is 52.4 Å². The van der Waals surface area contributed by atoms with E-state index in [9.17, 15) is 9.59 Å². The number of aromatic nitrogens is 3. The fraction of sp³-hybridized carbons (Fsp3) is 0.280. The lowest BCUT2D eigenvalue weighted by Gasteiger charge is -2.19. The van der Waals surface area contributed by atoms with E-state index in [-0.39, 0.29) is 22.9 Å². The van der Waals surface area contributed by atoms with Crippen molar-refractivity contribution in [2.75, 3.05) is 18.4 Å². The van der Waals surface area contributed by atoms with Crippen molar-refractivity contribution in [2.45, 2.75) is 33.7 Å². The molecule has 9 heteroatoms. The highest BCUT2D eigenvalue weighted by molar-refractivity contribution is 6.34. The smallest absolute Gasteiger partial charge is 0.256 e. The molecule has 0 radical (unpaired) electrons. The van der Waals surface area contributed by atoms with Crippen LogP contribution < -0.4 is 5.32 Å². The van der Waals surface area contributed by atoms with Gasteiger partial charge in [-0.15, -0.1) is 0 Å². The molecule has 8 nitrogen and oxygen atoms in total. The number of halogens is 1. The van der Waals surface area contributed by atoms with Crippen LogP contribution in [0.5, 0.6) is 0 Å². The van der Waals surface area contributed by atoms with Crippen LogP contribution in [0.15, 0.2) is 53.3 Å². The van der Waals surface area contributed by atoms with Crippen molar-refractivity contribution < 1.29 is 14.0 Å². The number of hydrogen-bond acceptors (Lipinski definition) is 5.